The summed E-state index contributed by atoms with van der Waals surface area (Å²) in [7, 11) is -3.08. The molecule has 32 heavy (non-hydrogen) atoms. The third kappa shape index (κ3) is 5.44. The highest BCUT2D eigenvalue weighted by molar-refractivity contribution is 7.99. The van der Waals surface area contributed by atoms with Crippen LogP contribution in [0.3, 0.4) is 0 Å². The van der Waals surface area contributed by atoms with Crippen LogP contribution in [0.5, 0.6) is 0 Å². The van der Waals surface area contributed by atoms with E-state index in [1.165, 1.54) is 17.3 Å². The van der Waals surface area contributed by atoms with Crippen LogP contribution in [-0.4, -0.2) is 52.1 Å². The number of carbonyl (C=O) groups is 1. The Hall–Kier alpha value is -2.10. The molecule has 0 aliphatic carbocycles. The van der Waals surface area contributed by atoms with Crippen LogP contribution >= 0.6 is 23.1 Å². The lowest BCUT2D eigenvalue weighted by atomic mass is 10.0. The maximum atomic E-state index is 13.2. The molecule has 0 N–H and O–H groups in total. The third-order valence-electron chi connectivity index (χ3n) is 5.65. The highest BCUT2D eigenvalue weighted by Crippen LogP contribution is 2.26. The SMILES string of the molecule is CC(C)c1ccc(-n2ccnc2SCC(=O)N(Cc2cccs2)[C@@H]2CCS(=O)(=O)C2)cc1. The van der Waals surface area contributed by atoms with Gasteiger partial charge >= 0.3 is 0 Å². The molecule has 1 fully saturated rings. The van der Waals surface area contributed by atoms with Gasteiger partial charge in [-0.2, -0.15) is 0 Å². The number of thiophene rings is 1. The summed E-state index contributed by atoms with van der Waals surface area (Å²) in [6, 6.07) is 12.0. The van der Waals surface area contributed by atoms with Crippen molar-refractivity contribution in [2.24, 2.45) is 0 Å². The van der Waals surface area contributed by atoms with Gasteiger partial charge in [-0.15, -0.1) is 11.3 Å². The number of imidazole rings is 1. The molecule has 9 heteroatoms. The van der Waals surface area contributed by atoms with Gasteiger partial charge in [0.15, 0.2) is 15.0 Å². The monoisotopic (exact) mass is 489 g/mol. The first-order chi connectivity index (χ1) is 15.3. The molecule has 1 saturated heterocycles. The van der Waals surface area contributed by atoms with Gasteiger partial charge in [-0.1, -0.05) is 43.8 Å². The summed E-state index contributed by atoms with van der Waals surface area (Å²) in [5.41, 5.74) is 2.27. The number of rotatable bonds is 8. The summed E-state index contributed by atoms with van der Waals surface area (Å²) >= 11 is 2.96. The Morgan fingerprint density at radius 3 is 2.69 bits per heavy atom. The highest BCUT2D eigenvalue weighted by Gasteiger charge is 2.34. The predicted molar refractivity (Wildman–Crippen MR) is 130 cm³/mol. The Morgan fingerprint density at radius 2 is 2.06 bits per heavy atom. The van der Waals surface area contributed by atoms with Gasteiger partial charge in [-0.25, -0.2) is 13.4 Å². The van der Waals surface area contributed by atoms with Crippen molar-refractivity contribution in [3.05, 3.63) is 64.6 Å². The zero-order chi connectivity index (χ0) is 22.7. The van der Waals surface area contributed by atoms with Crippen molar-refractivity contribution in [1.29, 1.82) is 0 Å². The molecule has 1 amide bonds. The number of hydrogen-bond acceptors (Lipinski definition) is 6. The zero-order valence-corrected chi connectivity index (χ0v) is 20.6. The molecule has 1 atom stereocenters. The molecule has 1 aliphatic heterocycles. The van der Waals surface area contributed by atoms with Crippen LogP contribution in [0.15, 0.2) is 59.3 Å². The topological polar surface area (TPSA) is 72.3 Å². The quantitative estimate of drug-likeness (QED) is 0.440. The van der Waals surface area contributed by atoms with Gasteiger partial charge in [-0.05, 0) is 41.5 Å². The lowest BCUT2D eigenvalue weighted by Gasteiger charge is -2.27. The van der Waals surface area contributed by atoms with E-state index in [0.29, 0.717) is 18.9 Å². The second-order valence-corrected chi connectivity index (χ2v) is 12.5. The van der Waals surface area contributed by atoms with E-state index in [4.69, 9.17) is 0 Å². The van der Waals surface area contributed by atoms with Gasteiger partial charge in [0.05, 0.1) is 23.8 Å². The van der Waals surface area contributed by atoms with Gasteiger partial charge in [0.25, 0.3) is 0 Å². The van der Waals surface area contributed by atoms with Crippen molar-refractivity contribution in [2.75, 3.05) is 17.3 Å². The zero-order valence-electron chi connectivity index (χ0n) is 18.2. The molecule has 1 aromatic carbocycles. The molecule has 170 valence electrons. The number of thioether (sulfide) groups is 1. The van der Waals surface area contributed by atoms with Gasteiger partial charge in [0, 0.05) is 29.0 Å². The van der Waals surface area contributed by atoms with Crippen molar-refractivity contribution in [2.45, 2.75) is 43.9 Å². The van der Waals surface area contributed by atoms with Crippen molar-refractivity contribution in [3.63, 3.8) is 0 Å². The average molecular weight is 490 g/mol. The summed E-state index contributed by atoms with van der Waals surface area (Å²) in [5, 5.41) is 2.71. The normalized spacial score (nSPS) is 17.7. The molecule has 0 saturated carbocycles. The summed E-state index contributed by atoms with van der Waals surface area (Å²) in [5.74, 6) is 0.812. The fourth-order valence-electron chi connectivity index (χ4n) is 3.83. The van der Waals surface area contributed by atoms with E-state index in [-0.39, 0.29) is 29.2 Å². The van der Waals surface area contributed by atoms with Crippen molar-refractivity contribution >= 4 is 38.8 Å². The Kier molecular flexibility index (Phi) is 7.07. The predicted octanol–water partition coefficient (Wildman–Crippen LogP) is 4.37. The van der Waals surface area contributed by atoms with E-state index in [1.807, 2.05) is 28.3 Å². The second kappa shape index (κ2) is 9.80. The fraction of sp³-hybridized carbons (Fsp3) is 0.391. The number of amides is 1. The Bertz CT molecular complexity index is 1150. The lowest BCUT2D eigenvalue weighted by molar-refractivity contribution is -0.130. The number of sulfone groups is 1. The van der Waals surface area contributed by atoms with Crippen LogP contribution in [0.4, 0.5) is 0 Å². The Morgan fingerprint density at radius 1 is 1.28 bits per heavy atom. The Balaban J connectivity index is 1.47. The number of aromatic nitrogens is 2. The largest absolute Gasteiger partial charge is 0.333 e. The first-order valence-electron chi connectivity index (χ1n) is 10.6. The van der Waals surface area contributed by atoms with Crippen molar-refractivity contribution < 1.29 is 13.2 Å². The summed E-state index contributed by atoms with van der Waals surface area (Å²) in [6.45, 7) is 4.77. The van der Waals surface area contributed by atoms with E-state index in [1.54, 1.807) is 22.4 Å². The van der Waals surface area contributed by atoms with E-state index in [0.717, 1.165) is 15.7 Å². The van der Waals surface area contributed by atoms with E-state index < -0.39 is 9.84 Å². The minimum absolute atomic E-state index is 0.0472. The summed E-state index contributed by atoms with van der Waals surface area (Å²) in [4.78, 5) is 20.4. The fourth-order valence-corrected chi connectivity index (χ4v) is 7.13. The van der Waals surface area contributed by atoms with Crippen LogP contribution in [0.2, 0.25) is 0 Å². The van der Waals surface area contributed by atoms with Crippen LogP contribution in [0.25, 0.3) is 5.69 Å². The second-order valence-electron chi connectivity index (χ2n) is 8.27. The van der Waals surface area contributed by atoms with Gasteiger partial charge < -0.3 is 4.90 Å². The molecule has 1 aliphatic rings. The summed E-state index contributed by atoms with van der Waals surface area (Å²) in [6.07, 6.45) is 4.13. The first kappa shape index (κ1) is 23.1. The van der Waals surface area contributed by atoms with Crippen molar-refractivity contribution in [1.82, 2.24) is 14.5 Å². The van der Waals surface area contributed by atoms with Gasteiger partial charge in [-0.3, -0.25) is 9.36 Å². The molecule has 3 heterocycles. The number of nitrogens with zero attached hydrogens (tertiary/aromatic N) is 3. The summed E-state index contributed by atoms with van der Waals surface area (Å²) < 4.78 is 26.0. The highest BCUT2D eigenvalue weighted by atomic mass is 32.2. The van der Waals surface area contributed by atoms with Crippen LogP contribution < -0.4 is 0 Å². The molecular formula is C23H27N3O3S3. The number of carbonyl (C=O) groups excluding carboxylic acids is 1. The minimum atomic E-state index is -3.08. The molecular weight excluding hydrogens is 462 g/mol. The van der Waals surface area contributed by atoms with Crippen LogP contribution in [0, 0.1) is 0 Å². The van der Waals surface area contributed by atoms with Gasteiger partial charge in [0.1, 0.15) is 0 Å². The maximum Gasteiger partial charge on any atom is 0.233 e. The van der Waals surface area contributed by atoms with Gasteiger partial charge in [0.2, 0.25) is 5.91 Å². The third-order valence-corrected chi connectivity index (χ3v) is 9.21. The first-order valence-corrected chi connectivity index (χ1v) is 14.3. The minimum Gasteiger partial charge on any atom is -0.333 e. The molecule has 0 unspecified atom stereocenters. The Labute approximate surface area is 197 Å². The lowest BCUT2D eigenvalue weighted by Crippen LogP contribution is -2.41. The molecule has 0 bridgehead atoms. The maximum absolute atomic E-state index is 13.2. The molecule has 3 aromatic rings. The smallest absolute Gasteiger partial charge is 0.233 e. The van der Waals surface area contributed by atoms with Crippen LogP contribution in [-0.2, 0) is 21.2 Å². The number of benzene rings is 1. The number of hydrogen-bond donors (Lipinski definition) is 0. The average Bonchev–Trinajstić information content (AvgIpc) is 3.51. The molecule has 4 rings (SSSR count). The standard InChI is InChI=1S/C23H27N3O3S3/c1-17(2)18-5-7-19(8-6-18)25-11-10-24-23(25)31-15-22(27)26(14-21-4-3-12-30-21)20-9-13-32(28,29)16-20/h3-8,10-12,17,20H,9,13-16H2,1-2H3/t20-/m1/s1. The molecule has 0 spiro atoms. The molecule has 2 aromatic heterocycles. The van der Waals surface area contributed by atoms with Crippen LogP contribution in [0.1, 0.15) is 36.6 Å². The molecule has 0 radical (unpaired) electrons. The van der Waals surface area contributed by atoms with E-state index in [9.17, 15) is 13.2 Å². The van der Waals surface area contributed by atoms with Crippen molar-refractivity contribution in [3.8, 4) is 5.69 Å². The van der Waals surface area contributed by atoms with E-state index in [2.05, 4.69) is 43.1 Å². The molecule has 6 nitrogen and oxygen atoms in total. The van der Waals surface area contributed by atoms with E-state index >= 15 is 0 Å².